The fourth-order valence-corrected chi connectivity index (χ4v) is 1.24. The summed E-state index contributed by atoms with van der Waals surface area (Å²) < 4.78 is 0. The zero-order valence-electron chi connectivity index (χ0n) is 8.92. The lowest BCUT2D eigenvalue weighted by atomic mass is 10.1. The van der Waals surface area contributed by atoms with Crippen LogP contribution in [0.15, 0.2) is 24.3 Å². The Bertz CT molecular complexity index is 159. The third kappa shape index (κ3) is 7.79. The van der Waals surface area contributed by atoms with Gasteiger partial charge in [0, 0.05) is 0 Å². The zero-order chi connectivity index (χ0) is 10.1. The van der Waals surface area contributed by atoms with Crippen LogP contribution in [-0.2, 0) is 0 Å². The maximum absolute atomic E-state index is 9.53. The van der Waals surface area contributed by atoms with E-state index in [2.05, 4.69) is 20.4 Å². The summed E-state index contributed by atoms with van der Waals surface area (Å²) in [4.78, 5) is 0. The van der Waals surface area contributed by atoms with E-state index in [0.29, 0.717) is 6.42 Å². The second-order valence-electron chi connectivity index (χ2n) is 3.49. The smallest absolute Gasteiger partial charge is 0.0757 e. The topological polar surface area (TPSA) is 20.2 Å². The fourth-order valence-electron chi connectivity index (χ4n) is 1.24. The molecule has 0 aliphatic rings. The molecule has 0 heterocycles. The molecule has 76 valence electrons. The average Bonchev–Trinajstić information content (AvgIpc) is 2.05. The van der Waals surface area contributed by atoms with Crippen LogP contribution in [0.5, 0.6) is 0 Å². The van der Waals surface area contributed by atoms with E-state index in [-0.39, 0.29) is 6.10 Å². The van der Waals surface area contributed by atoms with Gasteiger partial charge in [-0.1, -0.05) is 51.0 Å². The summed E-state index contributed by atoms with van der Waals surface area (Å²) in [5.41, 5.74) is 1.15. The summed E-state index contributed by atoms with van der Waals surface area (Å²) in [6.45, 7) is 8.18. The normalized spacial score (nSPS) is 13.5. The number of aliphatic hydroxyl groups is 1. The molecule has 1 heteroatoms. The van der Waals surface area contributed by atoms with Crippen LogP contribution in [0, 0.1) is 0 Å². The van der Waals surface area contributed by atoms with E-state index in [1.165, 1.54) is 0 Å². The van der Waals surface area contributed by atoms with Crippen molar-refractivity contribution < 1.29 is 5.11 Å². The molecule has 1 atom stereocenters. The summed E-state index contributed by atoms with van der Waals surface area (Å²) in [5.74, 6) is 0. The highest BCUT2D eigenvalue weighted by Crippen LogP contribution is 2.10. The molecule has 0 aliphatic carbocycles. The van der Waals surface area contributed by atoms with Crippen LogP contribution in [0.3, 0.4) is 0 Å². The molecule has 0 spiro atoms. The van der Waals surface area contributed by atoms with Gasteiger partial charge in [-0.15, -0.1) is 0 Å². The van der Waals surface area contributed by atoms with Crippen molar-refractivity contribution >= 4 is 0 Å². The standard InChI is InChI=1S/C12H22O/c1-4-6-7-9-12(13)10-11(3)8-5-2/h7,9,12-13H,3-6,8,10H2,1-2H3. The molecule has 0 amide bonds. The first-order valence-corrected chi connectivity index (χ1v) is 5.22. The summed E-state index contributed by atoms with van der Waals surface area (Å²) in [7, 11) is 0. The number of hydrogen-bond donors (Lipinski definition) is 1. The first-order chi connectivity index (χ1) is 6.20. The van der Waals surface area contributed by atoms with Crippen molar-refractivity contribution in [3.8, 4) is 0 Å². The van der Waals surface area contributed by atoms with Gasteiger partial charge in [-0.3, -0.25) is 0 Å². The summed E-state index contributed by atoms with van der Waals surface area (Å²) >= 11 is 0. The van der Waals surface area contributed by atoms with E-state index in [4.69, 9.17) is 0 Å². The molecular weight excluding hydrogens is 160 g/mol. The van der Waals surface area contributed by atoms with Crippen molar-refractivity contribution in [1.29, 1.82) is 0 Å². The van der Waals surface area contributed by atoms with E-state index in [0.717, 1.165) is 31.3 Å². The molecule has 0 aliphatic heterocycles. The molecule has 0 aromatic heterocycles. The zero-order valence-corrected chi connectivity index (χ0v) is 8.92. The molecular formula is C12H22O. The molecule has 0 radical (unpaired) electrons. The van der Waals surface area contributed by atoms with Crippen LogP contribution in [0.1, 0.15) is 46.0 Å². The van der Waals surface area contributed by atoms with Gasteiger partial charge in [-0.25, -0.2) is 0 Å². The van der Waals surface area contributed by atoms with E-state index >= 15 is 0 Å². The van der Waals surface area contributed by atoms with Gasteiger partial charge in [0.1, 0.15) is 0 Å². The predicted octanol–water partition coefficient (Wildman–Crippen LogP) is 3.45. The highest BCUT2D eigenvalue weighted by molar-refractivity contribution is 5.01. The lowest BCUT2D eigenvalue weighted by Gasteiger charge is -2.07. The van der Waals surface area contributed by atoms with Crippen molar-refractivity contribution in [2.45, 2.75) is 52.1 Å². The van der Waals surface area contributed by atoms with Crippen molar-refractivity contribution in [1.82, 2.24) is 0 Å². The molecule has 0 bridgehead atoms. The van der Waals surface area contributed by atoms with Gasteiger partial charge in [0.2, 0.25) is 0 Å². The third-order valence-electron chi connectivity index (χ3n) is 1.91. The van der Waals surface area contributed by atoms with Crippen LogP contribution in [0.25, 0.3) is 0 Å². The minimum Gasteiger partial charge on any atom is -0.389 e. The molecule has 0 aromatic rings. The Balaban J connectivity index is 3.60. The van der Waals surface area contributed by atoms with E-state index in [9.17, 15) is 5.11 Å². The quantitative estimate of drug-likeness (QED) is 0.598. The van der Waals surface area contributed by atoms with E-state index in [1.54, 1.807) is 0 Å². The van der Waals surface area contributed by atoms with Gasteiger partial charge in [0.25, 0.3) is 0 Å². The Morgan fingerprint density at radius 1 is 1.38 bits per heavy atom. The Kier molecular flexibility index (Phi) is 7.71. The molecule has 0 rings (SSSR count). The Morgan fingerprint density at radius 2 is 2.08 bits per heavy atom. The van der Waals surface area contributed by atoms with Crippen molar-refractivity contribution in [2.24, 2.45) is 0 Å². The average molecular weight is 182 g/mol. The Morgan fingerprint density at radius 3 is 2.62 bits per heavy atom. The van der Waals surface area contributed by atoms with Crippen molar-refractivity contribution in [3.05, 3.63) is 24.3 Å². The van der Waals surface area contributed by atoms with Gasteiger partial charge in [-0.05, 0) is 19.3 Å². The largest absolute Gasteiger partial charge is 0.389 e. The molecule has 0 saturated heterocycles. The third-order valence-corrected chi connectivity index (χ3v) is 1.91. The molecule has 13 heavy (non-hydrogen) atoms. The molecule has 0 saturated carbocycles. The first-order valence-electron chi connectivity index (χ1n) is 5.22. The SMILES string of the molecule is C=C(CCC)CC(O)C=CCCC. The summed E-state index contributed by atoms with van der Waals surface area (Å²) in [6, 6.07) is 0. The van der Waals surface area contributed by atoms with Gasteiger partial charge in [-0.2, -0.15) is 0 Å². The molecule has 0 fully saturated rings. The second-order valence-corrected chi connectivity index (χ2v) is 3.49. The van der Waals surface area contributed by atoms with Crippen molar-refractivity contribution in [2.75, 3.05) is 0 Å². The maximum Gasteiger partial charge on any atom is 0.0757 e. The highest BCUT2D eigenvalue weighted by atomic mass is 16.3. The molecule has 0 aromatic carbocycles. The van der Waals surface area contributed by atoms with E-state index < -0.39 is 0 Å². The predicted molar refractivity (Wildman–Crippen MR) is 58.7 cm³/mol. The summed E-state index contributed by atoms with van der Waals surface area (Å²) in [5, 5.41) is 9.53. The number of aliphatic hydroxyl groups excluding tert-OH is 1. The summed E-state index contributed by atoms with van der Waals surface area (Å²) in [6.07, 6.45) is 8.65. The monoisotopic (exact) mass is 182 g/mol. The highest BCUT2D eigenvalue weighted by Gasteiger charge is 2.00. The van der Waals surface area contributed by atoms with Crippen LogP contribution >= 0.6 is 0 Å². The van der Waals surface area contributed by atoms with Crippen molar-refractivity contribution in [3.63, 3.8) is 0 Å². The lowest BCUT2D eigenvalue weighted by molar-refractivity contribution is 0.222. The van der Waals surface area contributed by atoms with E-state index in [1.807, 2.05) is 12.2 Å². The Labute approximate surface area is 82.2 Å². The molecule has 1 unspecified atom stereocenters. The first kappa shape index (κ1) is 12.4. The molecule has 1 nitrogen and oxygen atoms in total. The van der Waals surface area contributed by atoms with Gasteiger partial charge < -0.3 is 5.11 Å². The lowest BCUT2D eigenvalue weighted by Crippen LogP contribution is -2.03. The van der Waals surface area contributed by atoms with Crippen LogP contribution in [0.2, 0.25) is 0 Å². The minimum absolute atomic E-state index is 0.328. The van der Waals surface area contributed by atoms with Crippen LogP contribution < -0.4 is 0 Å². The van der Waals surface area contributed by atoms with Gasteiger partial charge in [0.15, 0.2) is 0 Å². The minimum atomic E-state index is -0.328. The number of hydrogen-bond acceptors (Lipinski definition) is 1. The van der Waals surface area contributed by atoms with Crippen LogP contribution in [0.4, 0.5) is 0 Å². The second kappa shape index (κ2) is 8.06. The van der Waals surface area contributed by atoms with Crippen LogP contribution in [-0.4, -0.2) is 11.2 Å². The van der Waals surface area contributed by atoms with Gasteiger partial charge in [0.05, 0.1) is 6.10 Å². The van der Waals surface area contributed by atoms with Gasteiger partial charge >= 0.3 is 0 Å². The number of rotatable bonds is 7. The maximum atomic E-state index is 9.53. The molecule has 1 N–H and O–H groups in total. The fraction of sp³-hybridized carbons (Fsp3) is 0.667. The Hall–Kier alpha value is -0.560. The number of allylic oxidation sites excluding steroid dienone is 1. The number of unbranched alkanes of at least 4 members (excludes halogenated alkanes) is 1.